The summed E-state index contributed by atoms with van der Waals surface area (Å²) >= 11 is 0. The highest BCUT2D eigenvalue weighted by Crippen LogP contribution is 2.26. The number of halogens is 1. The van der Waals surface area contributed by atoms with E-state index in [1.54, 1.807) is 7.05 Å². The molecule has 7 heteroatoms. The molecule has 0 bridgehead atoms. The Bertz CT molecular complexity index is 457. The summed E-state index contributed by atoms with van der Waals surface area (Å²) in [7, 11) is 1.80. The van der Waals surface area contributed by atoms with Gasteiger partial charge in [-0.05, 0) is 25.2 Å². The van der Waals surface area contributed by atoms with Gasteiger partial charge in [-0.25, -0.2) is 0 Å². The maximum absolute atomic E-state index is 11.8. The van der Waals surface area contributed by atoms with Crippen LogP contribution in [0.25, 0.3) is 0 Å². The second kappa shape index (κ2) is 11.3. The predicted molar refractivity (Wildman–Crippen MR) is 119 cm³/mol. The molecule has 152 valence electrons. The molecule has 1 heterocycles. The fourth-order valence-electron chi connectivity index (χ4n) is 3.68. The first-order chi connectivity index (χ1) is 11.9. The van der Waals surface area contributed by atoms with Crippen molar-refractivity contribution in [1.29, 1.82) is 0 Å². The van der Waals surface area contributed by atoms with E-state index in [-0.39, 0.29) is 35.3 Å². The molecule has 0 spiro atoms. The molecule has 0 aromatic heterocycles. The molecule has 1 saturated heterocycles. The monoisotopic (exact) mass is 479 g/mol. The third kappa shape index (κ3) is 7.98. The van der Waals surface area contributed by atoms with Crippen LogP contribution in [0, 0.1) is 11.3 Å². The zero-order valence-corrected chi connectivity index (χ0v) is 19.3. The number of carbonyl (C=O) groups excluding carboxylic acids is 1. The van der Waals surface area contributed by atoms with Crippen LogP contribution in [-0.2, 0) is 4.79 Å². The van der Waals surface area contributed by atoms with Crippen molar-refractivity contribution in [2.45, 2.75) is 58.9 Å². The van der Waals surface area contributed by atoms with Gasteiger partial charge in [-0.1, -0.05) is 33.6 Å². The topological polar surface area (TPSA) is 68.8 Å². The summed E-state index contributed by atoms with van der Waals surface area (Å²) in [5.41, 5.74) is -0.341. The maximum atomic E-state index is 11.8. The first kappa shape index (κ1) is 23.5. The molecule has 1 unspecified atom stereocenters. The van der Waals surface area contributed by atoms with Crippen LogP contribution >= 0.6 is 24.0 Å². The molecule has 2 rings (SSSR count). The molecule has 26 heavy (non-hydrogen) atoms. The van der Waals surface area contributed by atoms with Gasteiger partial charge in [0.25, 0.3) is 0 Å². The number of hydrogen-bond donors (Lipinski definition) is 3. The average Bonchev–Trinajstić information content (AvgIpc) is 3.21. The van der Waals surface area contributed by atoms with E-state index in [1.165, 1.54) is 45.2 Å². The highest BCUT2D eigenvalue weighted by atomic mass is 127. The number of aliphatic imine (C=N–C) groups is 1. The van der Waals surface area contributed by atoms with Crippen molar-refractivity contribution in [2.24, 2.45) is 16.3 Å². The number of nitrogens with zero attached hydrogens (tertiary/aromatic N) is 2. The van der Waals surface area contributed by atoms with Gasteiger partial charge in [0.1, 0.15) is 0 Å². The number of rotatable bonds is 6. The summed E-state index contributed by atoms with van der Waals surface area (Å²) in [4.78, 5) is 18.8. The van der Waals surface area contributed by atoms with Crippen LogP contribution in [0.4, 0.5) is 0 Å². The van der Waals surface area contributed by atoms with Gasteiger partial charge in [-0.2, -0.15) is 0 Å². The van der Waals surface area contributed by atoms with E-state index in [1.807, 2.05) is 20.8 Å². The van der Waals surface area contributed by atoms with E-state index in [9.17, 15) is 4.79 Å². The molecule has 0 aromatic carbocycles. The zero-order valence-electron chi connectivity index (χ0n) is 16.9. The van der Waals surface area contributed by atoms with E-state index in [2.05, 4.69) is 25.8 Å². The second-order valence-corrected chi connectivity index (χ2v) is 8.54. The minimum Gasteiger partial charge on any atom is -0.355 e. The zero-order chi connectivity index (χ0) is 18.3. The third-order valence-corrected chi connectivity index (χ3v) is 5.21. The fourth-order valence-corrected chi connectivity index (χ4v) is 3.68. The van der Waals surface area contributed by atoms with Crippen LogP contribution in [0.2, 0.25) is 0 Å². The molecule has 1 aliphatic heterocycles. The van der Waals surface area contributed by atoms with Crippen molar-refractivity contribution >= 4 is 35.8 Å². The molecule has 1 atom stereocenters. The number of hydrogen-bond acceptors (Lipinski definition) is 3. The van der Waals surface area contributed by atoms with E-state index < -0.39 is 0 Å². The van der Waals surface area contributed by atoms with Gasteiger partial charge in [-0.3, -0.25) is 9.79 Å². The Labute approximate surface area is 176 Å². The van der Waals surface area contributed by atoms with Crippen molar-refractivity contribution in [3.05, 3.63) is 0 Å². The first-order valence-electron chi connectivity index (χ1n) is 9.86. The van der Waals surface area contributed by atoms with Gasteiger partial charge in [-0.15, -0.1) is 24.0 Å². The molecule has 3 N–H and O–H groups in total. The largest absolute Gasteiger partial charge is 0.355 e. The predicted octanol–water partition coefficient (Wildman–Crippen LogP) is 2.20. The van der Waals surface area contributed by atoms with Crippen molar-refractivity contribution in [3.63, 3.8) is 0 Å². The summed E-state index contributed by atoms with van der Waals surface area (Å²) in [6, 6.07) is 0.469. The first-order valence-corrected chi connectivity index (χ1v) is 9.86. The smallest absolute Gasteiger partial charge is 0.225 e. The van der Waals surface area contributed by atoms with Crippen LogP contribution in [-0.4, -0.2) is 62.6 Å². The highest BCUT2D eigenvalue weighted by molar-refractivity contribution is 14.0. The average molecular weight is 479 g/mol. The molecule has 2 fully saturated rings. The Balaban J connectivity index is 0.00000338. The quantitative estimate of drug-likeness (QED) is 0.237. The number of amides is 1. The molecule has 6 nitrogen and oxygen atoms in total. The Morgan fingerprint density at radius 3 is 2.38 bits per heavy atom. The molecule has 1 amide bonds. The van der Waals surface area contributed by atoms with Crippen LogP contribution in [0.3, 0.4) is 0 Å². The lowest BCUT2D eigenvalue weighted by atomic mass is 9.96. The molecular weight excluding hydrogens is 441 g/mol. The van der Waals surface area contributed by atoms with E-state index >= 15 is 0 Å². The maximum Gasteiger partial charge on any atom is 0.225 e. The summed E-state index contributed by atoms with van der Waals surface area (Å²) in [5.74, 6) is 1.83. The number of guanidine groups is 1. The van der Waals surface area contributed by atoms with Crippen LogP contribution in [0.1, 0.15) is 52.9 Å². The lowest BCUT2D eigenvalue weighted by Crippen LogP contribution is -2.47. The van der Waals surface area contributed by atoms with Gasteiger partial charge < -0.3 is 20.9 Å². The number of likely N-dealkylation sites (tertiary alicyclic amines) is 1. The summed E-state index contributed by atoms with van der Waals surface area (Å²) in [5, 5.41) is 9.77. The molecular formula is C19H38IN5O. The molecule has 1 aliphatic carbocycles. The van der Waals surface area contributed by atoms with E-state index in [4.69, 9.17) is 0 Å². The third-order valence-electron chi connectivity index (χ3n) is 5.21. The van der Waals surface area contributed by atoms with Crippen LogP contribution in [0.15, 0.2) is 4.99 Å². The van der Waals surface area contributed by atoms with Gasteiger partial charge >= 0.3 is 0 Å². The van der Waals surface area contributed by atoms with Crippen LogP contribution in [0.5, 0.6) is 0 Å². The lowest BCUT2D eigenvalue weighted by Gasteiger charge is -2.21. The molecule has 0 radical (unpaired) electrons. The Morgan fingerprint density at radius 1 is 1.12 bits per heavy atom. The summed E-state index contributed by atoms with van der Waals surface area (Å²) in [6.07, 6.45) is 6.84. The van der Waals surface area contributed by atoms with Crippen molar-refractivity contribution in [1.82, 2.24) is 20.9 Å². The Kier molecular flexibility index (Phi) is 10.2. The van der Waals surface area contributed by atoms with Crippen molar-refractivity contribution in [3.8, 4) is 0 Å². The van der Waals surface area contributed by atoms with Gasteiger partial charge in [0, 0.05) is 51.2 Å². The Morgan fingerprint density at radius 2 is 1.77 bits per heavy atom. The van der Waals surface area contributed by atoms with Gasteiger partial charge in [0.2, 0.25) is 5.91 Å². The molecule has 2 aliphatic rings. The van der Waals surface area contributed by atoms with E-state index in [0.717, 1.165) is 18.4 Å². The number of carbonyl (C=O) groups is 1. The normalized spacial score (nSPS) is 22.2. The highest BCUT2D eigenvalue weighted by Gasteiger charge is 2.26. The molecule has 1 saturated carbocycles. The SMILES string of the molecule is CN=C(NCCNC(=O)C(C)(C)C)NC1CCN(CC2CCCC2)C1.I. The molecule has 0 aromatic rings. The minimum atomic E-state index is -0.341. The van der Waals surface area contributed by atoms with Crippen LogP contribution < -0.4 is 16.0 Å². The van der Waals surface area contributed by atoms with E-state index in [0.29, 0.717) is 19.1 Å². The lowest BCUT2D eigenvalue weighted by molar-refractivity contribution is -0.128. The minimum absolute atomic E-state index is 0. The standard InChI is InChI=1S/C19H37N5O.HI/c1-19(2,3)17(25)21-10-11-22-18(20-4)23-16-9-12-24(14-16)13-15-7-5-6-8-15;/h15-16H,5-14H2,1-4H3,(H,21,25)(H2,20,22,23);1H. The number of nitrogens with one attached hydrogen (secondary N) is 3. The second-order valence-electron chi connectivity index (χ2n) is 8.54. The summed E-state index contributed by atoms with van der Waals surface area (Å²) in [6.45, 7) is 10.6. The summed E-state index contributed by atoms with van der Waals surface area (Å²) < 4.78 is 0. The van der Waals surface area contributed by atoms with Crippen molar-refractivity contribution in [2.75, 3.05) is 39.8 Å². The van der Waals surface area contributed by atoms with Gasteiger partial charge in [0.05, 0.1) is 0 Å². The van der Waals surface area contributed by atoms with Crippen molar-refractivity contribution < 1.29 is 4.79 Å². The van der Waals surface area contributed by atoms with Gasteiger partial charge in [0.15, 0.2) is 5.96 Å². The Hall–Kier alpha value is -0.570. The fraction of sp³-hybridized carbons (Fsp3) is 0.895.